The Bertz CT molecular complexity index is 863. The smallest absolute Gasteiger partial charge is 0.243 e. The zero-order chi connectivity index (χ0) is 18.8. The molecule has 0 spiro atoms. The summed E-state index contributed by atoms with van der Waals surface area (Å²) < 4.78 is 33.2. The first-order valence-corrected chi connectivity index (χ1v) is 10.8. The molecule has 26 heavy (non-hydrogen) atoms. The van der Waals surface area contributed by atoms with Crippen LogP contribution >= 0.6 is 15.9 Å². The van der Waals surface area contributed by atoms with Gasteiger partial charge in [-0.05, 0) is 49.4 Å². The van der Waals surface area contributed by atoms with E-state index >= 15 is 0 Å². The van der Waals surface area contributed by atoms with Crippen molar-refractivity contribution < 1.29 is 13.2 Å². The van der Waals surface area contributed by atoms with E-state index < -0.39 is 15.4 Å². The fourth-order valence-corrected chi connectivity index (χ4v) is 5.84. The van der Waals surface area contributed by atoms with E-state index in [0.29, 0.717) is 31.7 Å². The maximum atomic E-state index is 12.9. The number of halogens is 1. The number of allylic oxidation sites excluding steroid dienone is 4. The van der Waals surface area contributed by atoms with Crippen molar-refractivity contribution in [2.24, 2.45) is 11.3 Å². The van der Waals surface area contributed by atoms with Crippen LogP contribution in [0.3, 0.4) is 0 Å². The number of nitriles is 1. The van der Waals surface area contributed by atoms with Gasteiger partial charge in [0.25, 0.3) is 0 Å². The molecule has 2 aliphatic rings. The second-order valence-electron chi connectivity index (χ2n) is 6.52. The van der Waals surface area contributed by atoms with Crippen LogP contribution in [0.25, 0.3) is 0 Å². The topological polar surface area (TPSA) is 70.4 Å². The van der Waals surface area contributed by atoms with Gasteiger partial charge in [-0.25, -0.2) is 8.42 Å². The molecule has 1 aliphatic heterocycles. The van der Waals surface area contributed by atoms with Gasteiger partial charge in [-0.1, -0.05) is 34.2 Å². The summed E-state index contributed by atoms with van der Waals surface area (Å²) in [6, 6.07) is 8.89. The van der Waals surface area contributed by atoms with Gasteiger partial charge >= 0.3 is 0 Å². The van der Waals surface area contributed by atoms with E-state index in [1.165, 1.54) is 4.31 Å². The molecule has 0 amide bonds. The maximum Gasteiger partial charge on any atom is 0.243 e. The van der Waals surface area contributed by atoms with Crippen molar-refractivity contribution in [2.45, 2.75) is 24.2 Å². The highest BCUT2D eigenvalue weighted by atomic mass is 79.9. The first-order valence-electron chi connectivity index (χ1n) is 8.53. The summed E-state index contributed by atoms with van der Waals surface area (Å²) in [5, 5.41) is 9.80. The Balaban J connectivity index is 1.75. The lowest BCUT2D eigenvalue weighted by Crippen LogP contribution is -2.43. The molecule has 0 radical (unpaired) electrons. The lowest BCUT2D eigenvalue weighted by Gasteiger charge is -2.39. The summed E-state index contributed by atoms with van der Waals surface area (Å²) in [5.74, 6) is 0.719. The summed E-state index contributed by atoms with van der Waals surface area (Å²) in [6.45, 7) is 0.827. The lowest BCUT2D eigenvalue weighted by atomic mass is 9.70. The van der Waals surface area contributed by atoms with Gasteiger partial charge in [0.1, 0.15) is 11.2 Å². The van der Waals surface area contributed by atoms with Crippen molar-refractivity contribution in [1.82, 2.24) is 4.31 Å². The van der Waals surface area contributed by atoms with Crippen molar-refractivity contribution >= 4 is 26.0 Å². The first kappa shape index (κ1) is 19.2. The number of piperidine rings is 1. The average Bonchev–Trinajstić information content (AvgIpc) is 2.69. The van der Waals surface area contributed by atoms with Crippen LogP contribution in [0.2, 0.25) is 0 Å². The molecule has 1 aromatic rings. The van der Waals surface area contributed by atoms with Crippen molar-refractivity contribution in [3.63, 3.8) is 0 Å². The molecule has 1 saturated heterocycles. The fourth-order valence-electron chi connectivity index (χ4n) is 3.64. The molecule has 0 saturated carbocycles. The minimum Gasteiger partial charge on any atom is -0.497 e. The Morgan fingerprint density at radius 1 is 1.27 bits per heavy atom. The monoisotopic (exact) mass is 436 g/mol. The van der Waals surface area contributed by atoms with Crippen molar-refractivity contribution in [1.29, 1.82) is 5.26 Å². The van der Waals surface area contributed by atoms with Gasteiger partial charge < -0.3 is 4.74 Å². The zero-order valence-electron chi connectivity index (χ0n) is 14.6. The van der Waals surface area contributed by atoms with Crippen LogP contribution in [-0.4, -0.2) is 32.9 Å². The minimum atomic E-state index is -3.53. The van der Waals surface area contributed by atoms with E-state index in [0.717, 1.165) is 10.9 Å². The summed E-state index contributed by atoms with van der Waals surface area (Å²) in [7, 11) is -1.98. The second kappa shape index (κ2) is 7.55. The largest absolute Gasteiger partial charge is 0.497 e. The third kappa shape index (κ3) is 3.34. The molecular formula is C19H21BrN2O3S. The van der Waals surface area contributed by atoms with Gasteiger partial charge in [0, 0.05) is 17.6 Å². The van der Waals surface area contributed by atoms with E-state index in [-0.39, 0.29) is 10.8 Å². The molecule has 0 aromatic heterocycles. The number of hydrogen-bond acceptors (Lipinski definition) is 4. The molecule has 1 unspecified atom stereocenters. The van der Waals surface area contributed by atoms with Crippen LogP contribution in [0, 0.1) is 22.7 Å². The highest BCUT2D eigenvalue weighted by molar-refractivity contribution is 9.11. The van der Waals surface area contributed by atoms with Gasteiger partial charge in [-0.2, -0.15) is 9.57 Å². The van der Waals surface area contributed by atoms with Crippen LogP contribution in [0.4, 0.5) is 0 Å². The third-order valence-corrected chi connectivity index (χ3v) is 8.08. The van der Waals surface area contributed by atoms with Gasteiger partial charge in [-0.3, -0.25) is 0 Å². The summed E-state index contributed by atoms with van der Waals surface area (Å²) >= 11 is 3.56. The molecule has 0 bridgehead atoms. The number of hydrogen-bond donors (Lipinski definition) is 0. The molecule has 1 atom stereocenters. The first-order chi connectivity index (χ1) is 12.4. The highest BCUT2D eigenvalue weighted by Gasteiger charge is 2.43. The Kier molecular flexibility index (Phi) is 5.56. The van der Waals surface area contributed by atoms with Gasteiger partial charge in [0.15, 0.2) is 0 Å². The van der Waals surface area contributed by atoms with Crippen LogP contribution < -0.4 is 4.74 Å². The summed E-state index contributed by atoms with van der Waals surface area (Å²) in [5.41, 5.74) is -0.672. The van der Waals surface area contributed by atoms with Crippen LogP contribution in [0.15, 0.2) is 51.9 Å². The summed E-state index contributed by atoms with van der Waals surface area (Å²) in [4.78, 5) is 0.269. The predicted octanol–water partition coefficient (Wildman–Crippen LogP) is 3.84. The maximum absolute atomic E-state index is 12.9. The third-order valence-electron chi connectivity index (χ3n) is 5.19. The fraction of sp³-hybridized carbons (Fsp3) is 0.421. The molecule has 138 valence electrons. The Morgan fingerprint density at radius 3 is 2.46 bits per heavy atom. The quantitative estimate of drug-likeness (QED) is 0.672. The zero-order valence-corrected chi connectivity index (χ0v) is 17.0. The van der Waals surface area contributed by atoms with E-state index in [4.69, 9.17) is 4.74 Å². The number of ether oxygens (including phenoxy) is 1. The number of methoxy groups -OCH3 is 1. The Hall–Kier alpha value is -1.62. The van der Waals surface area contributed by atoms with Crippen LogP contribution in [-0.2, 0) is 10.0 Å². The molecule has 7 heteroatoms. The SMILES string of the molecule is COc1ccc(S(=O)(=O)N2CCC(C3(C#N)C=CCC=C3Br)CC2)cc1. The van der Waals surface area contributed by atoms with E-state index in [1.807, 2.05) is 18.2 Å². The molecule has 1 heterocycles. The molecule has 1 aromatic carbocycles. The van der Waals surface area contributed by atoms with E-state index in [1.54, 1.807) is 31.4 Å². The molecule has 3 rings (SSSR count). The lowest BCUT2D eigenvalue weighted by molar-refractivity contribution is 0.217. The van der Waals surface area contributed by atoms with Gasteiger partial charge in [-0.15, -0.1) is 0 Å². The second-order valence-corrected chi connectivity index (χ2v) is 9.32. The normalized spacial score (nSPS) is 24.7. The Labute approximate surface area is 163 Å². The van der Waals surface area contributed by atoms with Crippen LogP contribution in [0.5, 0.6) is 5.75 Å². The van der Waals surface area contributed by atoms with Crippen LogP contribution in [0.1, 0.15) is 19.3 Å². The number of nitrogens with zero attached hydrogens (tertiary/aromatic N) is 2. The molecule has 0 N–H and O–H groups in total. The van der Waals surface area contributed by atoms with Crippen molar-refractivity contribution in [3.8, 4) is 11.8 Å². The molecular weight excluding hydrogens is 416 g/mol. The predicted molar refractivity (Wildman–Crippen MR) is 103 cm³/mol. The van der Waals surface area contributed by atoms with E-state index in [9.17, 15) is 13.7 Å². The van der Waals surface area contributed by atoms with Gasteiger partial charge in [0.05, 0.1) is 18.1 Å². The van der Waals surface area contributed by atoms with E-state index in [2.05, 4.69) is 22.0 Å². The molecule has 1 fully saturated rings. The number of sulfonamides is 1. The summed E-state index contributed by atoms with van der Waals surface area (Å²) in [6.07, 6.45) is 8.11. The molecule has 1 aliphatic carbocycles. The highest BCUT2D eigenvalue weighted by Crippen LogP contribution is 2.47. The van der Waals surface area contributed by atoms with Crippen molar-refractivity contribution in [2.75, 3.05) is 20.2 Å². The van der Waals surface area contributed by atoms with Gasteiger partial charge in [0.2, 0.25) is 10.0 Å². The number of benzene rings is 1. The van der Waals surface area contributed by atoms with Crippen molar-refractivity contribution in [3.05, 3.63) is 47.0 Å². The minimum absolute atomic E-state index is 0.0944. The average molecular weight is 437 g/mol. The number of rotatable bonds is 4. The standard InChI is InChI=1S/C19H21BrN2O3S/c1-25-16-5-7-17(8-6-16)26(23,24)22-12-9-15(10-13-22)19(14-21)11-3-2-4-18(19)20/h3-8,11,15H,2,9-10,12-13H2,1H3. The Morgan fingerprint density at radius 2 is 1.92 bits per heavy atom. The molecule has 5 nitrogen and oxygen atoms in total.